The zero-order chi connectivity index (χ0) is 20.4. The highest BCUT2D eigenvalue weighted by atomic mass is 35.5. The quantitative estimate of drug-likeness (QED) is 0.726. The largest absolute Gasteiger partial charge is 0.324 e. The Hall–Kier alpha value is -1.90. The second-order valence-corrected chi connectivity index (χ2v) is 8.37. The minimum Gasteiger partial charge on any atom is -0.324 e. The van der Waals surface area contributed by atoms with Crippen molar-refractivity contribution in [1.82, 2.24) is 0 Å². The van der Waals surface area contributed by atoms with Gasteiger partial charge in [0, 0.05) is 5.69 Å². The van der Waals surface area contributed by atoms with E-state index in [2.05, 4.69) is 5.32 Å². The van der Waals surface area contributed by atoms with Crippen LogP contribution in [0.1, 0.15) is 13.3 Å². The lowest BCUT2D eigenvalue weighted by molar-refractivity contribution is -0.117. The summed E-state index contributed by atoms with van der Waals surface area (Å²) in [4.78, 5) is 12.7. The van der Waals surface area contributed by atoms with Crippen LogP contribution in [-0.2, 0) is 14.8 Å². The van der Waals surface area contributed by atoms with Crippen LogP contribution in [0.3, 0.4) is 0 Å². The van der Waals surface area contributed by atoms with Gasteiger partial charge in [-0.3, -0.25) is 9.10 Å². The molecule has 0 fully saturated rings. The lowest BCUT2D eigenvalue weighted by Gasteiger charge is -2.30. The van der Waals surface area contributed by atoms with Gasteiger partial charge in [0.05, 0.1) is 22.0 Å². The van der Waals surface area contributed by atoms with E-state index in [1.165, 1.54) is 18.2 Å². The van der Waals surface area contributed by atoms with Gasteiger partial charge in [-0.25, -0.2) is 17.2 Å². The van der Waals surface area contributed by atoms with E-state index in [0.717, 1.165) is 28.8 Å². The molecule has 146 valence electrons. The fourth-order valence-electron chi connectivity index (χ4n) is 2.48. The molecule has 0 spiro atoms. The van der Waals surface area contributed by atoms with Gasteiger partial charge >= 0.3 is 0 Å². The van der Waals surface area contributed by atoms with Crippen LogP contribution in [0.2, 0.25) is 10.0 Å². The van der Waals surface area contributed by atoms with Gasteiger partial charge < -0.3 is 5.32 Å². The summed E-state index contributed by atoms with van der Waals surface area (Å²) in [6.07, 6.45) is 1.04. The zero-order valence-electron chi connectivity index (χ0n) is 14.3. The lowest BCUT2D eigenvalue weighted by Crippen LogP contribution is -2.47. The summed E-state index contributed by atoms with van der Waals surface area (Å²) in [5.41, 5.74) is 0.249. The Labute approximate surface area is 165 Å². The first-order valence-electron chi connectivity index (χ1n) is 7.75. The normalized spacial score (nSPS) is 12.5. The molecule has 5 nitrogen and oxygen atoms in total. The molecule has 1 amide bonds. The Balaban J connectivity index is 2.40. The molecular formula is C17H16Cl2F2N2O3S. The van der Waals surface area contributed by atoms with Gasteiger partial charge in [-0.2, -0.15) is 0 Å². The van der Waals surface area contributed by atoms with Crippen LogP contribution < -0.4 is 9.62 Å². The highest BCUT2D eigenvalue weighted by molar-refractivity contribution is 7.92. The smallest absolute Gasteiger partial charge is 0.248 e. The number of nitrogens with zero attached hydrogens (tertiary/aromatic N) is 1. The monoisotopic (exact) mass is 436 g/mol. The number of hydrogen-bond acceptors (Lipinski definition) is 3. The van der Waals surface area contributed by atoms with Gasteiger partial charge in [-0.15, -0.1) is 0 Å². The van der Waals surface area contributed by atoms with E-state index < -0.39 is 33.6 Å². The number of carbonyl (C=O) groups excluding carboxylic acids is 1. The molecule has 1 N–H and O–H groups in total. The van der Waals surface area contributed by atoms with E-state index in [1.807, 2.05) is 0 Å². The Morgan fingerprint density at radius 1 is 1.11 bits per heavy atom. The number of sulfonamides is 1. The van der Waals surface area contributed by atoms with Crippen molar-refractivity contribution in [3.8, 4) is 0 Å². The van der Waals surface area contributed by atoms with Crippen molar-refractivity contribution in [3.05, 3.63) is 58.1 Å². The van der Waals surface area contributed by atoms with Gasteiger partial charge in [0.25, 0.3) is 0 Å². The molecule has 1 atom stereocenters. The third kappa shape index (κ3) is 5.09. The average Bonchev–Trinajstić information content (AvgIpc) is 2.57. The lowest BCUT2D eigenvalue weighted by atomic mass is 10.1. The SMILES string of the molecule is CCC(C(=O)Nc1ccc(F)c(Cl)c1)N(c1ccc(F)c(Cl)c1)S(C)(=O)=O. The minimum atomic E-state index is -3.91. The Morgan fingerprint density at radius 2 is 1.67 bits per heavy atom. The molecule has 2 aromatic carbocycles. The molecule has 2 aromatic rings. The molecule has 0 saturated heterocycles. The van der Waals surface area contributed by atoms with E-state index in [1.54, 1.807) is 6.92 Å². The summed E-state index contributed by atoms with van der Waals surface area (Å²) >= 11 is 11.4. The first-order valence-corrected chi connectivity index (χ1v) is 10.4. The van der Waals surface area contributed by atoms with Gasteiger partial charge in [-0.1, -0.05) is 30.1 Å². The van der Waals surface area contributed by atoms with Crippen molar-refractivity contribution < 1.29 is 22.0 Å². The Bertz CT molecular complexity index is 971. The van der Waals surface area contributed by atoms with E-state index >= 15 is 0 Å². The summed E-state index contributed by atoms with van der Waals surface area (Å²) in [6.45, 7) is 1.62. The minimum absolute atomic E-state index is 0.0445. The van der Waals surface area contributed by atoms with Gasteiger partial charge in [-0.05, 0) is 42.8 Å². The van der Waals surface area contributed by atoms with Crippen LogP contribution in [-0.4, -0.2) is 26.6 Å². The number of nitrogens with one attached hydrogen (secondary N) is 1. The molecule has 0 aliphatic carbocycles. The van der Waals surface area contributed by atoms with Crippen LogP contribution in [0.5, 0.6) is 0 Å². The molecule has 0 radical (unpaired) electrons. The molecular weight excluding hydrogens is 421 g/mol. The van der Waals surface area contributed by atoms with Crippen LogP contribution in [0.4, 0.5) is 20.2 Å². The second-order valence-electron chi connectivity index (χ2n) is 5.70. The number of hydrogen-bond donors (Lipinski definition) is 1. The molecule has 0 bridgehead atoms. The van der Waals surface area contributed by atoms with Crippen LogP contribution in [0, 0.1) is 11.6 Å². The van der Waals surface area contributed by atoms with E-state index in [4.69, 9.17) is 23.2 Å². The van der Waals surface area contributed by atoms with Gasteiger partial charge in [0.1, 0.15) is 17.7 Å². The number of halogens is 4. The Kier molecular flexibility index (Phi) is 6.67. The fraction of sp³-hybridized carbons (Fsp3) is 0.235. The van der Waals surface area contributed by atoms with Gasteiger partial charge in [0.2, 0.25) is 15.9 Å². The zero-order valence-corrected chi connectivity index (χ0v) is 16.7. The molecule has 0 aromatic heterocycles. The number of anilines is 2. The van der Waals surface area contributed by atoms with Crippen LogP contribution >= 0.6 is 23.2 Å². The van der Waals surface area contributed by atoms with Crippen molar-refractivity contribution in [2.75, 3.05) is 15.9 Å². The predicted octanol–water partition coefficient (Wildman–Crippen LogP) is 4.45. The number of rotatable bonds is 6. The van der Waals surface area contributed by atoms with Crippen molar-refractivity contribution in [2.24, 2.45) is 0 Å². The van der Waals surface area contributed by atoms with Crippen LogP contribution in [0.25, 0.3) is 0 Å². The number of benzene rings is 2. The highest BCUT2D eigenvalue weighted by Crippen LogP contribution is 2.28. The topological polar surface area (TPSA) is 66.5 Å². The summed E-state index contributed by atoms with van der Waals surface area (Å²) in [5, 5.41) is 2.04. The molecule has 0 aliphatic rings. The molecule has 0 aliphatic heterocycles. The summed E-state index contributed by atoms with van der Waals surface area (Å²) in [5.74, 6) is -2.03. The maximum Gasteiger partial charge on any atom is 0.248 e. The summed E-state index contributed by atoms with van der Waals surface area (Å²) in [6, 6.07) is 5.79. The first kappa shape index (κ1) is 21.4. The fourth-order valence-corrected chi connectivity index (χ4v) is 4.04. The van der Waals surface area contributed by atoms with E-state index in [0.29, 0.717) is 0 Å². The summed E-state index contributed by atoms with van der Waals surface area (Å²) < 4.78 is 52.2. The molecule has 0 saturated carbocycles. The van der Waals surface area contributed by atoms with Crippen molar-refractivity contribution in [1.29, 1.82) is 0 Å². The second kappa shape index (κ2) is 8.41. The standard InChI is InChI=1S/C17H16Cl2F2N2O3S/c1-3-16(17(24)22-10-4-6-14(20)12(18)8-10)23(27(2,25)26)11-5-7-15(21)13(19)9-11/h4-9,16H,3H2,1-2H3,(H,22,24). The van der Waals surface area contributed by atoms with Crippen molar-refractivity contribution >= 4 is 50.5 Å². The van der Waals surface area contributed by atoms with E-state index in [-0.39, 0.29) is 27.8 Å². The number of amides is 1. The summed E-state index contributed by atoms with van der Waals surface area (Å²) in [7, 11) is -3.91. The molecule has 1 unspecified atom stereocenters. The number of carbonyl (C=O) groups is 1. The van der Waals surface area contributed by atoms with Gasteiger partial charge in [0.15, 0.2) is 0 Å². The average molecular weight is 437 g/mol. The third-order valence-electron chi connectivity index (χ3n) is 3.67. The molecule has 0 heterocycles. The third-order valence-corrected chi connectivity index (χ3v) is 5.43. The van der Waals surface area contributed by atoms with Crippen molar-refractivity contribution in [2.45, 2.75) is 19.4 Å². The van der Waals surface area contributed by atoms with Crippen LogP contribution in [0.15, 0.2) is 36.4 Å². The maximum absolute atomic E-state index is 13.4. The molecule has 2 rings (SSSR count). The first-order chi connectivity index (χ1) is 12.5. The predicted molar refractivity (Wildman–Crippen MR) is 103 cm³/mol. The van der Waals surface area contributed by atoms with E-state index in [9.17, 15) is 22.0 Å². The maximum atomic E-state index is 13.4. The molecule has 27 heavy (non-hydrogen) atoms. The highest BCUT2D eigenvalue weighted by Gasteiger charge is 2.32. The molecule has 10 heteroatoms. The van der Waals surface area contributed by atoms with Crippen molar-refractivity contribution in [3.63, 3.8) is 0 Å². The Morgan fingerprint density at radius 3 is 2.15 bits per heavy atom.